The van der Waals surface area contributed by atoms with E-state index in [0.29, 0.717) is 38.6 Å². The average molecular weight is 270 g/mol. The highest BCUT2D eigenvalue weighted by molar-refractivity contribution is 5.84. The molecule has 1 rings (SSSR count). The van der Waals surface area contributed by atoms with Gasteiger partial charge in [-0.05, 0) is 25.7 Å². The van der Waals surface area contributed by atoms with Crippen molar-refractivity contribution >= 4 is 17.8 Å². The van der Waals surface area contributed by atoms with Gasteiger partial charge in [0.05, 0.1) is 11.8 Å². The highest BCUT2D eigenvalue weighted by atomic mass is 16.4. The topological polar surface area (TPSA) is 109 Å². The van der Waals surface area contributed by atoms with Crippen molar-refractivity contribution in [3.63, 3.8) is 0 Å². The number of hydrogen-bond acceptors (Lipinski definition) is 3. The van der Waals surface area contributed by atoms with Gasteiger partial charge in [-0.1, -0.05) is 12.8 Å². The number of rotatable bonds is 7. The number of carboxylic acids is 1. The molecule has 108 valence electrons. The Bertz CT molecular complexity index is 344. The summed E-state index contributed by atoms with van der Waals surface area (Å²) < 4.78 is 0. The Balaban J connectivity index is 2.30. The summed E-state index contributed by atoms with van der Waals surface area (Å²) in [6.45, 7) is 0.467. The molecule has 0 radical (unpaired) electrons. The van der Waals surface area contributed by atoms with Crippen LogP contribution in [0, 0.1) is 11.8 Å². The normalized spacial score (nSPS) is 22.7. The number of carbonyl (C=O) groups is 3. The molecule has 1 aliphatic carbocycles. The van der Waals surface area contributed by atoms with E-state index in [1.807, 2.05) is 0 Å². The lowest BCUT2D eigenvalue weighted by atomic mass is 9.78. The second-order valence-electron chi connectivity index (χ2n) is 5.05. The molecular weight excluding hydrogens is 248 g/mol. The summed E-state index contributed by atoms with van der Waals surface area (Å²) in [5.41, 5.74) is 5.01. The summed E-state index contributed by atoms with van der Waals surface area (Å²) in [5, 5.41) is 11.9. The third-order valence-electron chi connectivity index (χ3n) is 3.57. The zero-order valence-corrected chi connectivity index (χ0v) is 11.1. The van der Waals surface area contributed by atoms with Crippen LogP contribution in [0.25, 0.3) is 0 Å². The number of nitrogens with one attached hydrogen (secondary N) is 1. The lowest BCUT2D eigenvalue weighted by Crippen LogP contribution is -2.40. The molecule has 2 atom stereocenters. The fraction of sp³-hybridized carbons (Fsp3) is 0.769. The molecule has 6 heteroatoms. The quantitative estimate of drug-likeness (QED) is 0.590. The molecule has 6 nitrogen and oxygen atoms in total. The van der Waals surface area contributed by atoms with Gasteiger partial charge in [-0.2, -0.15) is 0 Å². The Kier molecular flexibility index (Phi) is 6.32. The zero-order valence-electron chi connectivity index (χ0n) is 11.1. The summed E-state index contributed by atoms with van der Waals surface area (Å²) in [7, 11) is 0. The molecule has 0 saturated heterocycles. The van der Waals surface area contributed by atoms with Crippen molar-refractivity contribution in [2.45, 2.75) is 44.9 Å². The van der Waals surface area contributed by atoms with Gasteiger partial charge in [0, 0.05) is 13.0 Å². The van der Waals surface area contributed by atoms with Crippen LogP contribution in [0.3, 0.4) is 0 Å². The molecule has 2 amide bonds. The molecular formula is C13H22N2O4. The third-order valence-corrected chi connectivity index (χ3v) is 3.57. The average Bonchev–Trinajstić information content (AvgIpc) is 2.37. The molecule has 19 heavy (non-hydrogen) atoms. The van der Waals surface area contributed by atoms with Gasteiger partial charge < -0.3 is 16.2 Å². The maximum Gasteiger partial charge on any atom is 0.307 e. The first-order valence-corrected chi connectivity index (χ1v) is 6.81. The highest BCUT2D eigenvalue weighted by Gasteiger charge is 2.35. The van der Waals surface area contributed by atoms with Gasteiger partial charge in [-0.15, -0.1) is 0 Å². The summed E-state index contributed by atoms with van der Waals surface area (Å²) in [6.07, 6.45) is 4.64. The van der Waals surface area contributed by atoms with Crippen LogP contribution in [0.5, 0.6) is 0 Å². The van der Waals surface area contributed by atoms with Crippen LogP contribution < -0.4 is 11.1 Å². The first kappa shape index (κ1) is 15.5. The number of carboxylic acid groups (broad SMARTS) is 1. The fourth-order valence-electron chi connectivity index (χ4n) is 2.51. The third kappa shape index (κ3) is 5.28. The van der Waals surface area contributed by atoms with Crippen molar-refractivity contribution < 1.29 is 19.5 Å². The molecule has 0 spiro atoms. The maximum atomic E-state index is 11.9. The molecule has 0 aromatic rings. The highest BCUT2D eigenvalue weighted by Crippen LogP contribution is 2.30. The summed E-state index contributed by atoms with van der Waals surface area (Å²) in [4.78, 5) is 33.6. The first-order chi connectivity index (χ1) is 9.02. The minimum absolute atomic E-state index is 0.175. The van der Waals surface area contributed by atoms with Gasteiger partial charge in [-0.3, -0.25) is 14.4 Å². The Morgan fingerprint density at radius 2 is 1.74 bits per heavy atom. The smallest absolute Gasteiger partial charge is 0.307 e. The van der Waals surface area contributed by atoms with Crippen LogP contribution in [0.2, 0.25) is 0 Å². The van der Waals surface area contributed by atoms with Crippen LogP contribution in [0.15, 0.2) is 0 Å². The van der Waals surface area contributed by atoms with E-state index in [1.165, 1.54) is 0 Å². The second-order valence-corrected chi connectivity index (χ2v) is 5.05. The number of unbranched alkanes of at least 4 members (excludes halogenated alkanes) is 1. The van der Waals surface area contributed by atoms with Crippen LogP contribution in [-0.4, -0.2) is 29.4 Å². The largest absolute Gasteiger partial charge is 0.481 e. The number of nitrogens with two attached hydrogens (primary N) is 1. The van der Waals surface area contributed by atoms with Crippen molar-refractivity contribution in [3.05, 3.63) is 0 Å². The Morgan fingerprint density at radius 1 is 1.11 bits per heavy atom. The summed E-state index contributed by atoms with van der Waals surface area (Å²) in [5.74, 6) is -2.37. The monoisotopic (exact) mass is 270 g/mol. The van der Waals surface area contributed by atoms with Crippen molar-refractivity contribution in [1.29, 1.82) is 0 Å². The van der Waals surface area contributed by atoms with Gasteiger partial charge in [0.25, 0.3) is 0 Å². The van der Waals surface area contributed by atoms with Crippen molar-refractivity contribution in [3.8, 4) is 0 Å². The van der Waals surface area contributed by atoms with E-state index >= 15 is 0 Å². The van der Waals surface area contributed by atoms with E-state index in [4.69, 9.17) is 10.8 Å². The van der Waals surface area contributed by atoms with Crippen LogP contribution in [0.4, 0.5) is 0 Å². The molecule has 1 fully saturated rings. The van der Waals surface area contributed by atoms with Crippen molar-refractivity contribution in [2.24, 2.45) is 17.6 Å². The Morgan fingerprint density at radius 3 is 2.32 bits per heavy atom. The molecule has 4 N–H and O–H groups in total. The van der Waals surface area contributed by atoms with Gasteiger partial charge in [-0.25, -0.2) is 0 Å². The molecule has 1 aliphatic rings. The first-order valence-electron chi connectivity index (χ1n) is 6.81. The predicted octanol–water partition coefficient (Wildman–Crippen LogP) is 0.649. The fourth-order valence-corrected chi connectivity index (χ4v) is 2.51. The second kappa shape index (κ2) is 7.76. The van der Waals surface area contributed by atoms with E-state index < -0.39 is 17.8 Å². The predicted molar refractivity (Wildman–Crippen MR) is 69.1 cm³/mol. The molecule has 2 unspecified atom stereocenters. The minimum atomic E-state index is -0.881. The van der Waals surface area contributed by atoms with Crippen molar-refractivity contribution in [1.82, 2.24) is 5.32 Å². The standard InChI is InChI=1S/C13H22N2O4/c14-11(16)7-3-4-8-15-12(17)9-5-1-2-6-10(9)13(18)19/h9-10H,1-8H2,(H2,14,16)(H,15,17)(H,18,19). The number of aliphatic carboxylic acids is 1. The van der Waals surface area contributed by atoms with E-state index in [-0.39, 0.29) is 11.8 Å². The van der Waals surface area contributed by atoms with Gasteiger partial charge in [0.2, 0.25) is 11.8 Å². The Labute approximate surface area is 112 Å². The SMILES string of the molecule is NC(=O)CCCCNC(=O)C1CCCCC1C(=O)O. The number of amides is 2. The van der Waals surface area contributed by atoms with Gasteiger partial charge >= 0.3 is 5.97 Å². The molecule has 0 aromatic carbocycles. The van der Waals surface area contributed by atoms with Gasteiger partial charge in [0.1, 0.15) is 0 Å². The van der Waals surface area contributed by atoms with E-state index in [2.05, 4.69) is 5.32 Å². The van der Waals surface area contributed by atoms with Crippen LogP contribution in [-0.2, 0) is 14.4 Å². The number of hydrogen-bond donors (Lipinski definition) is 3. The van der Waals surface area contributed by atoms with E-state index in [9.17, 15) is 14.4 Å². The van der Waals surface area contributed by atoms with Crippen LogP contribution in [0.1, 0.15) is 44.9 Å². The van der Waals surface area contributed by atoms with E-state index in [0.717, 1.165) is 12.8 Å². The molecule has 0 heterocycles. The number of primary amides is 1. The Hall–Kier alpha value is -1.59. The number of carbonyl (C=O) groups excluding carboxylic acids is 2. The molecule has 1 saturated carbocycles. The zero-order chi connectivity index (χ0) is 14.3. The lowest BCUT2D eigenvalue weighted by Gasteiger charge is -2.27. The maximum absolute atomic E-state index is 11.9. The summed E-state index contributed by atoms with van der Waals surface area (Å²) >= 11 is 0. The molecule has 0 bridgehead atoms. The van der Waals surface area contributed by atoms with Crippen LogP contribution >= 0.6 is 0 Å². The van der Waals surface area contributed by atoms with E-state index in [1.54, 1.807) is 0 Å². The summed E-state index contributed by atoms with van der Waals surface area (Å²) in [6, 6.07) is 0. The lowest BCUT2D eigenvalue weighted by molar-refractivity contribution is -0.148. The van der Waals surface area contributed by atoms with Gasteiger partial charge in [0.15, 0.2) is 0 Å². The van der Waals surface area contributed by atoms with Crippen molar-refractivity contribution in [2.75, 3.05) is 6.54 Å². The molecule has 0 aromatic heterocycles. The molecule has 0 aliphatic heterocycles. The minimum Gasteiger partial charge on any atom is -0.481 e.